The molecule has 1 aliphatic heterocycles. The van der Waals surface area contributed by atoms with Crippen LogP contribution in [0.3, 0.4) is 0 Å². The molecule has 1 fully saturated rings. The molecule has 152 valence electrons. The van der Waals surface area contributed by atoms with Crippen molar-refractivity contribution in [1.29, 1.82) is 0 Å². The Hall–Kier alpha value is -2.86. The minimum absolute atomic E-state index is 0.274. The van der Waals surface area contributed by atoms with Crippen LogP contribution in [0.1, 0.15) is 44.2 Å². The van der Waals surface area contributed by atoms with Gasteiger partial charge in [-0.2, -0.15) is 0 Å². The van der Waals surface area contributed by atoms with Crippen molar-refractivity contribution in [1.82, 2.24) is 10.2 Å². The van der Waals surface area contributed by atoms with Crippen LogP contribution in [0, 0.1) is 0 Å². The molecule has 7 heteroatoms. The smallest absolute Gasteiger partial charge is 0.324 e. The molecule has 2 aromatic rings. The number of benzene rings is 2. The molecule has 0 saturated carbocycles. The van der Waals surface area contributed by atoms with E-state index in [4.69, 9.17) is 11.6 Å². The highest BCUT2D eigenvalue weighted by Gasteiger charge is 2.49. The number of amides is 4. The van der Waals surface area contributed by atoms with Gasteiger partial charge in [-0.1, -0.05) is 55.8 Å². The molecule has 4 amide bonds. The summed E-state index contributed by atoms with van der Waals surface area (Å²) in [4.78, 5) is 39.0. The number of carbonyl (C=O) groups excluding carboxylic acids is 3. The second-order valence-corrected chi connectivity index (χ2v) is 7.83. The Morgan fingerprint density at radius 3 is 2.48 bits per heavy atom. The molecule has 2 aromatic carbocycles. The summed E-state index contributed by atoms with van der Waals surface area (Å²) in [7, 11) is 0. The maximum atomic E-state index is 13.0. The predicted molar refractivity (Wildman–Crippen MR) is 113 cm³/mol. The zero-order valence-electron chi connectivity index (χ0n) is 16.7. The molecule has 0 aromatic heterocycles. The number of halogens is 1. The normalized spacial score (nSPS) is 19.8. The van der Waals surface area contributed by atoms with Crippen molar-refractivity contribution in [3.8, 4) is 0 Å². The van der Waals surface area contributed by atoms with E-state index in [1.165, 1.54) is 0 Å². The van der Waals surface area contributed by atoms with Crippen molar-refractivity contribution < 1.29 is 14.4 Å². The first kappa shape index (κ1) is 20.9. The molecule has 1 saturated heterocycles. The van der Waals surface area contributed by atoms with Gasteiger partial charge in [0.1, 0.15) is 12.1 Å². The van der Waals surface area contributed by atoms with Gasteiger partial charge in [-0.3, -0.25) is 14.5 Å². The van der Waals surface area contributed by atoms with Gasteiger partial charge < -0.3 is 10.6 Å². The third kappa shape index (κ3) is 4.12. The van der Waals surface area contributed by atoms with E-state index in [0.29, 0.717) is 16.3 Å². The summed E-state index contributed by atoms with van der Waals surface area (Å²) < 4.78 is 0. The SMILES string of the molecule is CC[C@@H](C)c1ccccc1NC(=O)CN1C(=O)N[C@](C)(c2ccc(Cl)cc2)C1=O. The Labute approximate surface area is 175 Å². The highest BCUT2D eigenvalue weighted by molar-refractivity contribution is 6.30. The van der Waals surface area contributed by atoms with E-state index in [-0.39, 0.29) is 12.5 Å². The molecule has 29 heavy (non-hydrogen) atoms. The van der Waals surface area contributed by atoms with Gasteiger partial charge in [-0.25, -0.2) is 4.79 Å². The van der Waals surface area contributed by atoms with E-state index in [1.807, 2.05) is 24.3 Å². The number of rotatable bonds is 6. The van der Waals surface area contributed by atoms with Crippen LogP contribution >= 0.6 is 11.6 Å². The Balaban J connectivity index is 1.75. The van der Waals surface area contributed by atoms with Crippen molar-refractivity contribution in [2.75, 3.05) is 11.9 Å². The summed E-state index contributed by atoms with van der Waals surface area (Å²) >= 11 is 5.91. The number of imide groups is 1. The third-order valence-corrected chi connectivity index (χ3v) is 5.63. The summed E-state index contributed by atoms with van der Waals surface area (Å²) in [5.41, 5.74) is 1.08. The van der Waals surface area contributed by atoms with Crippen LogP contribution in [0.2, 0.25) is 5.02 Å². The zero-order chi connectivity index (χ0) is 21.2. The molecule has 1 heterocycles. The lowest BCUT2D eigenvalue weighted by atomic mass is 9.92. The van der Waals surface area contributed by atoms with E-state index in [0.717, 1.165) is 16.9 Å². The van der Waals surface area contributed by atoms with Gasteiger partial charge in [0.15, 0.2) is 0 Å². The lowest BCUT2D eigenvalue weighted by Gasteiger charge is -2.22. The van der Waals surface area contributed by atoms with Crippen molar-refractivity contribution in [3.05, 3.63) is 64.7 Å². The van der Waals surface area contributed by atoms with Crippen LogP contribution in [0.25, 0.3) is 0 Å². The minimum atomic E-state index is -1.24. The number of nitrogens with zero attached hydrogens (tertiary/aromatic N) is 1. The summed E-state index contributed by atoms with van der Waals surface area (Å²) in [6.45, 7) is 5.42. The van der Waals surface area contributed by atoms with Crippen molar-refractivity contribution in [2.45, 2.75) is 38.6 Å². The van der Waals surface area contributed by atoms with Crippen LogP contribution < -0.4 is 10.6 Å². The number of nitrogens with one attached hydrogen (secondary N) is 2. The van der Waals surface area contributed by atoms with E-state index in [9.17, 15) is 14.4 Å². The second-order valence-electron chi connectivity index (χ2n) is 7.40. The van der Waals surface area contributed by atoms with Crippen LogP contribution in [0.5, 0.6) is 0 Å². The first-order chi connectivity index (χ1) is 13.8. The van der Waals surface area contributed by atoms with Crippen LogP contribution in [-0.2, 0) is 15.1 Å². The summed E-state index contributed by atoms with van der Waals surface area (Å²) in [5, 5.41) is 6.06. The van der Waals surface area contributed by atoms with Gasteiger partial charge in [-0.15, -0.1) is 0 Å². The van der Waals surface area contributed by atoms with E-state index in [2.05, 4.69) is 24.5 Å². The van der Waals surface area contributed by atoms with Crippen LogP contribution in [-0.4, -0.2) is 29.3 Å². The third-order valence-electron chi connectivity index (χ3n) is 5.38. The fourth-order valence-electron chi connectivity index (χ4n) is 3.41. The van der Waals surface area contributed by atoms with Gasteiger partial charge >= 0.3 is 6.03 Å². The lowest BCUT2D eigenvalue weighted by molar-refractivity contribution is -0.133. The fraction of sp³-hybridized carbons (Fsp3) is 0.318. The Kier molecular flexibility index (Phi) is 5.94. The molecule has 2 N–H and O–H groups in total. The van der Waals surface area contributed by atoms with Crippen molar-refractivity contribution in [3.63, 3.8) is 0 Å². The topological polar surface area (TPSA) is 78.5 Å². The second kappa shape index (κ2) is 8.25. The predicted octanol–water partition coefficient (Wildman–Crippen LogP) is 4.26. The van der Waals surface area contributed by atoms with Crippen molar-refractivity contribution in [2.24, 2.45) is 0 Å². The van der Waals surface area contributed by atoms with E-state index >= 15 is 0 Å². The lowest BCUT2D eigenvalue weighted by Crippen LogP contribution is -2.42. The molecule has 2 atom stereocenters. The number of urea groups is 1. The maximum absolute atomic E-state index is 13.0. The van der Waals surface area contributed by atoms with Crippen LogP contribution in [0.15, 0.2) is 48.5 Å². The number of hydrogen-bond acceptors (Lipinski definition) is 3. The molecule has 1 aliphatic rings. The average molecular weight is 414 g/mol. The van der Waals surface area contributed by atoms with E-state index < -0.39 is 23.4 Å². The molecule has 0 aliphatic carbocycles. The Morgan fingerprint density at radius 2 is 1.83 bits per heavy atom. The Bertz CT molecular complexity index is 945. The fourth-order valence-corrected chi connectivity index (χ4v) is 3.54. The number of carbonyl (C=O) groups is 3. The molecule has 6 nitrogen and oxygen atoms in total. The molecule has 0 unspecified atom stereocenters. The Morgan fingerprint density at radius 1 is 1.17 bits per heavy atom. The van der Waals surface area contributed by atoms with Gasteiger partial charge in [-0.05, 0) is 48.6 Å². The van der Waals surface area contributed by atoms with Gasteiger partial charge in [0.05, 0.1) is 0 Å². The molecular weight excluding hydrogens is 390 g/mol. The van der Waals surface area contributed by atoms with Crippen LogP contribution in [0.4, 0.5) is 10.5 Å². The number of anilines is 1. The summed E-state index contributed by atoms with van der Waals surface area (Å²) in [6, 6.07) is 13.6. The molecule has 0 radical (unpaired) electrons. The van der Waals surface area contributed by atoms with Crippen molar-refractivity contribution >= 4 is 35.1 Å². The first-order valence-corrected chi connectivity index (χ1v) is 9.93. The largest absolute Gasteiger partial charge is 0.325 e. The highest BCUT2D eigenvalue weighted by Crippen LogP contribution is 2.30. The molecule has 0 bridgehead atoms. The maximum Gasteiger partial charge on any atom is 0.325 e. The summed E-state index contributed by atoms with van der Waals surface area (Å²) in [5.74, 6) is -0.629. The number of para-hydroxylation sites is 1. The van der Waals surface area contributed by atoms with Gasteiger partial charge in [0.25, 0.3) is 5.91 Å². The first-order valence-electron chi connectivity index (χ1n) is 9.55. The standard InChI is InChI=1S/C22H24ClN3O3/c1-4-14(2)17-7-5-6-8-18(17)24-19(27)13-26-20(28)22(3,25-21(26)29)15-9-11-16(23)12-10-15/h5-12,14H,4,13H2,1-3H3,(H,24,27)(H,25,29)/t14-,22-/m1/s1. The average Bonchev–Trinajstić information content (AvgIpc) is 2.92. The summed E-state index contributed by atoms with van der Waals surface area (Å²) in [6.07, 6.45) is 0.930. The van der Waals surface area contributed by atoms with E-state index in [1.54, 1.807) is 31.2 Å². The van der Waals surface area contributed by atoms with Gasteiger partial charge in [0, 0.05) is 10.7 Å². The highest BCUT2D eigenvalue weighted by atomic mass is 35.5. The quantitative estimate of drug-likeness (QED) is 0.694. The minimum Gasteiger partial charge on any atom is -0.324 e. The van der Waals surface area contributed by atoms with Gasteiger partial charge in [0.2, 0.25) is 5.91 Å². The molecular formula is C22H24ClN3O3. The monoisotopic (exact) mass is 413 g/mol. The molecule has 3 rings (SSSR count). The molecule has 0 spiro atoms. The zero-order valence-corrected chi connectivity index (χ0v) is 17.4. The number of hydrogen-bond donors (Lipinski definition) is 2.